The minimum atomic E-state index is -3.62. The molecule has 0 saturated carbocycles. The van der Waals surface area contributed by atoms with Gasteiger partial charge in [0, 0.05) is 25.8 Å². The number of carbonyl (C=O) groups is 3. The molecule has 7 nitrogen and oxygen atoms in total. The van der Waals surface area contributed by atoms with Crippen molar-refractivity contribution in [3.8, 4) is 0 Å². The maximum Gasteiger partial charge on any atom is 0.701 e. The molecule has 0 aromatic heterocycles. The Kier molecular flexibility index (Phi) is 4.69. The van der Waals surface area contributed by atoms with Crippen LogP contribution in [0.25, 0.3) is 0 Å². The number of carbonyl (C=O) groups excluding carboxylic acids is 3. The van der Waals surface area contributed by atoms with E-state index in [2.05, 4.69) is 0 Å². The van der Waals surface area contributed by atoms with Crippen molar-refractivity contribution in [1.82, 2.24) is 0 Å². The molecule has 1 saturated heterocycles. The Morgan fingerprint density at radius 1 is 1.11 bits per heavy atom. The van der Waals surface area contributed by atoms with Crippen molar-refractivity contribution in [2.45, 2.75) is 33.7 Å². The van der Waals surface area contributed by atoms with Crippen LogP contribution in [0.3, 0.4) is 0 Å². The van der Waals surface area contributed by atoms with Gasteiger partial charge in [0.1, 0.15) is 0 Å². The van der Waals surface area contributed by atoms with Crippen LogP contribution >= 0.6 is 0 Å². The smallest absolute Gasteiger partial charge is 0.455 e. The Bertz CT molecular complexity index is 373. The molecule has 0 atom stereocenters. The average Bonchev–Trinajstić information content (AvgIpc) is 2.10. The fourth-order valence-electron chi connectivity index (χ4n) is 1.73. The molecule has 0 aromatic carbocycles. The van der Waals surface area contributed by atoms with Crippen molar-refractivity contribution < 1.29 is 32.4 Å². The van der Waals surface area contributed by atoms with E-state index in [1.54, 1.807) is 0 Å². The summed E-state index contributed by atoms with van der Waals surface area (Å²) in [5, 5.41) is 0. The van der Waals surface area contributed by atoms with Crippen LogP contribution < -0.4 is 0 Å². The molecule has 8 heteroatoms. The third-order valence-corrected chi connectivity index (χ3v) is 4.34. The summed E-state index contributed by atoms with van der Waals surface area (Å²) in [5.74, 6) is -1.90. The van der Waals surface area contributed by atoms with Gasteiger partial charge in [0.25, 0.3) is 17.9 Å². The number of hydrogen-bond donors (Lipinski definition) is 0. The Hall–Kier alpha value is -1.41. The third-order valence-electron chi connectivity index (χ3n) is 2.43. The van der Waals surface area contributed by atoms with E-state index >= 15 is 0 Å². The predicted molar refractivity (Wildman–Crippen MR) is 64.8 cm³/mol. The highest BCUT2D eigenvalue weighted by atomic mass is 28.4. The van der Waals surface area contributed by atoms with Gasteiger partial charge in [-0.2, -0.15) is 0 Å². The van der Waals surface area contributed by atoms with Crippen LogP contribution in [-0.2, 0) is 32.4 Å². The topological polar surface area (TPSA) is 88.1 Å². The highest BCUT2D eigenvalue weighted by Crippen LogP contribution is 2.31. The monoisotopic (exact) mass is 290 g/mol. The van der Waals surface area contributed by atoms with Crippen molar-refractivity contribution in [3.05, 3.63) is 0 Å². The lowest BCUT2D eigenvalue weighted by Crippen LogP contribution is -2.49. The van der Waals surface area contributed by atoms with E-state index in [1.807, 2.05) is 6.92 Å². The van der Waals surface area contributed by atoms with Crippen LogP contribution in [0, 0.1) is 5.41 Å². The van der Waals surface area contributed by atoms with Crippen molar-refractivity contribution in [3.63, 3.8) is 0 Å². The first kappa shape index (κ1) is 15.6. The summed E-state index contributed by atoms with van der Waals surface area (Å²) in [5.41, 5.74) is -0.265. The summed E-state index contributed by atoms with van der Waals surface area (Å²) in [6, 6.07) is 0. The molecular weight excluding hydrogens is 272 g/mol. The summed E-state index contributed by atoms with van der Waals surface area (Å²) in [7, 11) is -3.62. The van der Waals surface area contributed by atoms with Gasteiger partial charge in [0.2, 0.25) is 0 Å². The number of rotatable bonds is 5. The van der Waals surface area contributed by atoms with E-state index in [0.29, 0.717) is 13.2 Å². The molecule has 1 rings (SSSR count). The molecule has 1 aliphatic rings. The first-order valence-electron chi connectivity index (χ1n) is 5.83. The number of hydrogen-bond acceptors (Lipinski definition) is 7. The SMILES string of the molecule is CC(=O)O[Si](C)(OC(C)=O)OC(=O)CC1(C)COC1. The second-order valence-electron chi connectivity index (χ2n) is 5.00. The van der Waals surface area contributed by atoms with Crippen LogP contribution in [-0.4, -0.2) is 39.9 Å². The maximum atomic E-state index is 11.8. The van der Waals surface area contributed by atoms with E-state index in [9.17, 15) is 14.4 Å². The summed E-state index contributed by atoms with van der Waals surface area (Å²) in [6.45, 7) is 6.47. The lowest BCUT2D eigenvalue weighted by Gasteiger charge is -2.37. The summed E-state index contributed by atoms with van der Waals surface area (Å²) < 4.78 is 19.9. The van der Waals surface area contributed by atoms with Crippen molar-refractivity contribution in [2.75, 3.05) is 13.2 Å². The molecule has 0 aliphatic carbocycles. The summed E-state index contributed by atoms with van der Waals surface area (Å²) >= 11 is 0. The van der Waals surface area contributed by atoms with E-state index < -0.39 is 26.7 Å². The molecule has 1 aliphatic heterocycles. The second kappa shape index (κ2) is 5.70. The highest BCUT2D eigenvalue weighted by molar-refractivity contribution is 6.64. The summed E-state index contributed by atoms with van der Waals surface area (Å²) in [4.78, 5) is 33.8. The van der Waals surface area contributed by atoms with Gasteiger partial charge in [-0.05, 0) is 0 Å². The molecule has 0 unspecified atom stereocenters. The van der Waals surface area contributed by atoms with Crippen molar-refractivity contribution in [1.29, 1.82) is 0 Å². The molecule has 0 N–H and O–H groups in total. The largest absolute Gasteiger partial charge is 0.701 e. The van der Waals surface area contributed by atoms with Crippen LogP contribution in [0.5, 0.6) is 0 Å². The molecule has 19 heavy (non-hydrogen) atoms. The van der Waals surface area contributed by atoms with Gasteiger partial charge in [-0.3, -0.25) is 14.4 Å². The Balaban J connectivity index is 2.62. The number of ether oxygens (including phenoxy) is 1. The molecule has 1 fully saturated rings. The van der Waals surface area contributed by atoms with Gasteiger partial charge in [-0.15, -0.1) is 0 Å². The molecule has 1 heterocycles. The molecule has 0 aromatic rings. The third kappa shape index (κ3) is 4.99. The average molecular weight is 290 g/mol. The molecule has 0 bridgehead atoms. The van der Waals surface area contributed by atoms with Gasteiger partial charge in [0.05, 0.1) is 19.6 Å². The fourth-order valence-corrected chi connectivity index (χ4v) is 3.38. The molecule has 108 valence electrons. The first-order chi connectivity index (χ1) is 8.64. The predicted octanol–water partition coefficient (Wildman–Crippen LogP) is 0.651. The van der Waals surface area contributed by atoms with Crippen molar-refractivity contribution in [2.24, 2.45) is 5.41 Å². The standard InChI is InChI=1S/C11H18O7Si/c1-8(12)16-19(4,17-9(2)13)18-10(14)5-11(3)6-15-7-11/h5-7H2,1-4H3. The van der Waals surface area contributed by atoms with Crippen LogP contribution in [0.2, 0.25) is 6.55 Å². The Morgan fingerprint density at radius 2 is 1.58 bits per heavy atom. The van der Waals surface area contributed by atoms with Gasteiger partial charge >= 0.3 is 8.80 Å². The minimum Gasteiger partial charge on any atom is -0.455 e. The van der Waals surface area contributed by atoms with Crippen LogP contribution in [0.1, 0.15) is 27.2 Å². The highest BCUT2D eigenvalue weighted by Gasteiger charge is 2.48. The van der Waals surface area contributed by atoms with E-state index in [0.717, 1.165) is 13.8 Å². The fraction of sp³-hybridized carbons (Fsp3) is 0.727. The van der Waals surface area contributed by atoms with Gasteiger partial charge in [-0.25, -0.2) is 0 Å². The van der Waals surface area contributed by atoms with Gasteiger partial charge in [0.15, 0.2) is 0 Å². The molecular formula is C11H18O7Si. The Labute approximate surface area is 112 Å². The van der Waals surface area contributed by atoms with Gasteiger partial charge in [-0.1, -0.05) is 6.92 Å². The maximum absolute atomic E-state index is 11.8. The normalized spacial score (nSPS) is 17.1. The lowest BCUT2D eigenvalue weighted by molar-refractivity contribution is -0.157. The minimum absolute atomic E-state index is 0.123. The lowest BCUT2D eigenvalue weighted by atomic mass is 9.85. The molecule has 0 radical (unpaired) electrons. The molecule has 0 spiro atoms. The second-order valence-corrected chi connectivity index (χ2v) is 7.34. The molecule has 0 amide bonds. The first-order valence-corrected chi connectivity index (χ1v) is 8.05. The van der Waals surface area contributed by atoms with Gasteiger partial charge < -0.3 is 18.0 Å². The summed E-state index contributed by atoms with van der Waals surface area (Å²) in [6.07, 6.45) is 0.123. The van der Waals surface area contributed by atoms with Crippen molar-refractivity contribution >= 4 is 26.7 Å². The van der Waals surface area contributed by atoms with E-state index in [4.69, 9.17) is 18.0 Å². The quantitative estimate of drug-likeness (QED) is 0.687. The van der Waals surface area contributed by atoms with Crippen LogP contribution in [0.15, 0.2) is 0 Å². The zero-order chi connectivity index (χ0) is 14.7. The van der Waals surface area contributed by atoms with Crippen LogP contribution in [0.4, 0.5) is 0 Å². The zero-order valence-corrected chi connectivity index (χ0v) is 12.5. The Morgan fingerprint density at radius 3 is 1.89 bits per heavy atom. The van der Waals surface area contributed by atoms with E-state index in [1.165, 1.54) is 6.55 Å². The van der Waals surface area contributed by atoms with E-state index in [-0.39, 0.29) is 11.8 Å². The zero-order valence-electron chi connectivity index (χ0n) is 11.5.